The molecule has 2 heterocycles. The Kier molecular flexibility index (Phi) is 2.51. The Bertz CT molecular complexity index is 565. The number of hydrogen-bond acceptors (Lipinski definition) is 5. The summed E-state index contributed by atoms with van der Waals surface area (Å²) in [5, 5.41) is 0. The number of primary amides is 1. The first-order valence-electron chi connectivity index (χ1n) is 4.91. The molecule has 2 aromatic heterocycles. The van der Waals surface area contributed by atoms with Crippen LogP contribution in [0.3, 0.4) is 0 Å². The lowest BCUT2D eigenvalue weighted by Gasteiger charge is -2.07. The highest BCUT2D eigenvalue weighted by Crippen LogP contribution is 2.19. The molecule has 0 atom stereocenters. The first-order chi connectivity index (χ1) is 8.00. The number of aromatic nitrogens is 4. The highest BCUT2D eigenvalue weighted by atomic mass is 16.1. The zero-order valence-corrected chi connectivity index (χ0v) is 9.51. The van der Waals surface area contributed by atoms with E-state index < -0.39 is 5.91 Å². The molecule has 7 heteroatoms. The number of carbonyl (C=O) groups excluding carboxylic acids is 1. The predicted octanol–water partition coefficient (Wildman–Crippen LogP) is -0.133. The molecule has 0 aliphatic carbocycles. The molecule has 0 unspecified atom stereocenters. The molecule has 0 saturated carbocycles. The molecule has 0 fully saturated rings. The van der Waals surface area contributed by atoms with Gasteiger partial charge in [-0.3, -0.25) is 4.79 Å². The van der Waals surface area contributed by atoms with Crippen LogP contribution in [0.2, 0.25) is 0 Å². The lowest BCUT2D eigenvalue weighted by molar-refractivity contribution is 0.1000. The number of nitrogens with zero attached hydrogens (tertiary/aromatic N) is 4. The Balaban J connectivity index is 2.61. The average Bonchev–Trinajstić information content (AvgIpc) is 2.62. The van der Waals surface area contributed by atoms with Gasteiger partial charge in [-0.2, -0.15) is 0 Å². The Hall–Kier alpha value is -2.44. The summed E-state index contributed by atoms with van der Waals surface area (Å²) in [6.45, 7) is 1.66. The van der Waals surface area contributed by atoms with E-state index >= 15 is 0 Å². The van der Waals surface area contributed by atoms with E-state index in [2.05, 4.69) is 15.0 Å². The number of aryl methyl sites for hydroxylation is 2. The third-order valence-corrected chi connectivity index (χ3v) is 2.41. The van der Waals surface area contributed by atoms with E-state index in [1.54, 1.807) is 24.0 Å². The van der Waals surface area contributed by atoms with Gasteiger partial charge in [-0.1, -0.05) is 0 Å². The zero-order chi connectivity index (χ0) is 12.6. The summed E-state index contributed by atoms with van der Waals surface area (Å²) < 4.78 is 1.76. The maximum absolute atomic E-state index is 11.2. The second kappa shape index (κ2) is 3.85. The van der Waals surface area contributed by atoms with Crippen LogP contribution in [-0.2, 0) is 7.05 Å². The van der Waals surface area contributed by atoms with E-state index in [1.165, 1.54) is 0 Å². The topological polar surface area (TPSA) is 113 Å². The molecule has 1 amide bonds. The first kappa shape index (κ1) is 11.1. The predicted molar refractivity (Wildman–Crippen MR) is 61.9 cm³/mol. The van der Waals surface area contributed by atoms with Crippen molar-refractivity contribution in [1.82, 2.24) is 19.5 Å². The number of carbonyl (C=O) groups is 1. The summed E-state index contributed by atoms with van der Waals surface area (Å²) in [6.07, 6.45) is 3.25. The van der Waals surface area contributed by atoms with Crippen molar-refractivity contribution in [1.29, 1.82) is 0 Å². The average molecular weight is 232 g/mol. The number of nitrogens with two attached hydrogens (primary N) is 2. The summed E-state index contributed by atoms with van der Waals surface area (Å²) >= 11 is 0. The van der Waals surface area contributed by atoms with Gasteiger partial charge < -0.3 is 16.0 Å². The first-order valence-corrected chi connectivity index (χ1v) is 4.91. The van der Waals surface area contributed by atoms with Crippen LogP contribution in [0, 0.1) is 6.92 Å². The van der Waals surface area contributed by atoms with Crippen LogP contribution in [0.5, 0.6) is 0 Å². The minimum Gasteiger partial charge on any atom is -0.383 e. The molecule has 0 aliphatic heterocycles. The Morgan fingerprint density at radius 1 is 1.41 bits per heavy atom. The van der Waals surface area contributed by atoms with Crippen LogP contribution in [0.15, 0.2) is 12.5 Å². The third kappa shape index (κ3) is 1.82. The summed E-state index contributed by atoms with van der Waals surface area (Å²) in [4.78, 5) is 23.4. The van der Waals surface area contributed by atoms with E-state index in [9.17, 15) is 4.79 Å². The van der Waals surface area contributed by atoms with Gasteiger partial charge in [0.05, 0.1) is 18.2 Å². The molecule has 0 radical (unpaired) electrons. The van der Waals surface area contributed by atoms with Crippen molar-refractivity contribution in [2.24, 2.45) is 12.8 Å². The summed E-state index contributed by atoms with van der Waals surface area (Å²) in [6, 6.07) is 0. The minimum absolute atomic E-state index is 0.0844. The van der Waals surface area contributed by atoms with Gasteiger partial charge in [0.1, 0.15) is 17.1 Å². The maximum atomic E-state index is 11.2. The number of rotatable bonds is 2. The molecule has 2 rings (SSSR count). The van der Waals surface area contributed by atoms with E-state index in [-0.39, 0.29) is 11.4 Å². The van der Waals surface area contributed by atoms with Gasteiger partial charge in [0, 0.05) is 7.05 Å². The standard InChI is InChI=1S/C10H12N6O/c1-5-7(9(12)17)8(11)15-10(14-5)6-3-13-4-16(6)2/h3-4H,1-2H3,(H2,12,17)(H2,11,14,15). The van der Waals surface area contributed by atoms with E-state index in [1.807, 2.05) is 7.05 Å². The van der Waals surface area contributed by atoms with Crippen molar-refractivity contribution in [3.05, 3.63) is 23.8 Å². The largest absolute Gasteiger partial charge is 0.383 e. The normalized spacial score (nSPS) is 10.5. The number of nitrogen functional groups attached to an aromatic ring is 1. The second-order valence-corrected chi connectivity index (χ2v) is 3.65. The molecular formula is C10H12N6O. The quantitative estimate of drug-likeness (QED) is 0.748. The van der Waals surface area contributed by atoms with Crippen LogP contribution >= 0.6 is 0 Å². The number of imidazole rings is 1. The second-order valence-electron chi connectivity index (χ2n) is 3.65. The van der Waals surface area contributed by atoms with Crippen LogP contribution < -0.4 is 11.5 Å². The van der Waals surface area contributed by atoms with Crippen molar-refractivity contribution in [3.63, 3.8) is 0 Å². The van der Waals surface area contributed by atoms with Crippen LogP contribution in [-0.4, -0.2) is 25.4 Å². The Morgan fingerprint density at radius 3 is 2.59 bits per heavy atom. The Morgan fingerprint density at radius 2 is 2.12 bits per heavy atom. The summed E-state index contributed by atoms with van der Waals surface area (Å²) in [5.41, 5.74) is 12.2. The van der Waals surface area contributed by atoms with Crippen LogP contribution in [0.4, 0.5) is 5.82 Å². The lowest BCUT2D eigenvalue weighted by atomic mass is 10.2. The van der Waals surface area contributed by atoms with Crippen molar-refractivity contribution in [3.8, 4) is 11.5 Å². The molecule has 4 N–H and O–H groups in total. The molecule has 0 aromatic carbocycles. The van der Waals surface area contributed by atoms with Gasteiger partial charge in [-0.25, -0.2) is 15.0 Å². The van der Waals surface area contributed by atoms with E-state index in [4.69, 9.17) is 11.5 Å². The van der Waals surface area contributed by atoms with Crippen molar-refractivity contribution >= 4 is 11.7 Å². The lowest BCUT2D eigenvalue weighted by Crippen LogP contribution is -2.18. The smallest absolute Gasteiger partial charge is 0.254 e. The summed E-state index contributed by atoms with van der Waals surface area (Å²) in [5.74, 6) is -0.122. The fourth-order valence-electron chi connectivity index (χ4n) is 1.59. The fourth-order valence-corrected chi connectivity index (χ4v) is 1.59. The number of amides is 1. The van der Waals surface area contributed by atoms with Gasteiger partial charge >= 0.3 is 0 Å². The Labute approximate surface area is 97.5 Å². The molecule has 0 spiro atoms. The maximum Gasteiger partial charge on any atom is 0.254 e. The molecule has 17 heavy (non-hydrogen) atoms. The molecule has 2 aromatic rings. The van der Waals surface area contributed by atoms with E-state index in [0.29, 0.717) is 11.5 Å². The minimum atomic E-state index is -0.628. The SMILES string of the molecule is Cc1nc(-c2cncn2C)nc(N)c1C(N)=O. The molecule has 0 aliphatic rings. The zero-order valence-electron chi connectivity index (χ0n) is 9.51. The van der Waals surface area contributed by atoms with Crippen LogP contribution in [0.1, 0.15) is 16.1 Å². The molecule has 88 valence electrons. The molecule has 7 nitrogen and oxygen atoms in total. The van der Waals surface area contributed by atoms with Gasteiger partial charge in [0.15, 0.2) is 5.82 Å². The van der Waals surface area contributed by atoms with Gasteiger partial charge in [-0.05, 0) is 6.92 Å². The van der Waals surface area contributed by atoms with Crippen LogP contribution in [0.25, 0.3) is 11.5 Å². The van der Waals surface area contributed by atoms with Crippen molar-refractivity contribution in [2.75, 3.05) is 5.73 Å². The van der Waals surface area contributed by atoms with Crippen molar-refractivity contribution < 1.29 is 4.79 Å². The third-order valence-electron chi connectivity index (χ3n) is 2.41. The highest BCUT2D eigenvalue weighted by Gasteiger charge is 2.16. The molecule has 0 saturated heterocycles. The van der Waals surface area contributed by atoms with Crippen molar-refractivity contribution in [2.45, 2.75) is 6.92 Å². The van der Waals surface area contributed by atoms with Gasteiger partial charge in [-0.15, -0.1) is 0 Å². The van der Waals surface area contributed by atoms with E-state index in [0.717, 1.165) is 5.69 Å². The highest BCUT2D eigenvalue weighted by molar-refractivity contribution is 5.98. The summed E-state index contributed by atoms with van der Waals surface area (Å²) in [7, 11) is 1.82. The number of hydrogen-bond donors (Lipinski definition) is 2. The molecular weight excluding hydrogens is 220 g/mol. The fraction of sp³-hybridized carbons (Fsp3) is 0.200. The van der Waals surface area contributed by atoms with Gasteiger partial charge in [0.25, 0.3) is 5.91 Å². The molecule has 0 bridgehead atoms. The monoisotopic (exact) mass is 232 g/mol. The van der Waals surface area contributed by atoms with Gasteiger partial charge in [0.2, 0.25) is 0 Å². The number of anilines is 1.